The Morgan fingerprint density at radius 1 is 1.38 bits per heavy atom. The maximum Gasteiger partial charge on any atom is 0.377 e. The lowest BCUT2D eigenvalue weighted by molar-refractivity contribution is 0.0478. The number of aromatic nitrogens is 1. The number of benzene rings is 1. The number of carbonyl (C=O) groups is 2. The maximum absolute atomic E-state index is 11.8. The van der Waals surface area contributed by atoms with Crippen LogP contribution in [0.15, 0.2) is 22.7 Å². The molecule has 0 radical (unpaired) electrons. The van der Waals surface area contributed by atoms with Crippen LogP contribution < -0.4 is 4.74 Å². The van der Waals surface area contributed by atoms with Crippen LogP contribution in [0, 0.1) is 12.8 Å². The summed E-state index contributed by atoms with van der Waals surface area (Å²) in [6.45, 7) is 8.29. The van der Waals surface area contributed by atoms with Gasteiger partial charge >= 0.3 is 5.97 Å². The molecule has 2 aromatic rings. The van der Waals surface area contributed by atoms with Gasteiger partial charge in [-0.05, 0) is 38.0 Å². The number of rotatable bonds is 7. The van der Waals surface area contributed by atoms with E-state index in [0.29, 0.717) is 40.7 Å². The van der Waals surface area contributed by atoms with E-state index in [4.69, 9.17) is 14.0 Å². The van der Waals surface area contributed by atoms with Gasteiger partial charge in [0.05, 0.1) is 18.8 Å². The first-order valence-corrected chi connectivity index (χ1v) is 7.83. The van der Waals surface area contributed by atoms with Gasteiger partial charge in [-0.15, -0.1) is 0 Å². The SMILES string of the molecule is CCOC(=O)c1onc(-c2ccc(OCC(C)C)c(C=O)c2)c1C. The predicted octanol–water partition coefficient (Wildman–Crippen LogP) is 3.67. The molecule has 24 heavy (non-hydrogen) atoms. The van der Waals surface area contributed by atoms with Gasteiger partial charge < -0.3 is 14.0 Å². The quantitative estimate of drug-likeness (QED) is 0.569. The third-order valence-electron chi connectivity index (χ3n) is 3.37. The molecule has 0 saturated heterocycles. The molecule has 0 saturated carbocycles. The molecule has 1 aromatic carbocycles. The van der Waals surface area contributed by atoms with Crippen LogP contribution in [-0.4, -0.2) is 30.6 Å². The average Bonchev–Trinajstić information content (AvgIpc) is 2.94. The van der Waals surface area contributed by atoms with Crippen molar-refractivity contribution in [2.24, 2.45) is 5.92 Å². The minimum absolute atomic E-state index is 0.0691. The summed E-state index contributed by atoms with van der Waals surface area (Å²) >= 11 is 0. The third kappa shape index (κ3) is 3.82. The highest BCUT2D eigenvalue weighted by molar-refractivity contribution is 5.90. The Kier molecular flexibility index (Phi) is 5.73. The van der Waals surface area contributed by atoms with Crippen LogP contribution in [0.4, 0.5) is 0 Å². The topological polar surface area (TPSA) is 78.6 Å². The van der Waals surface area contributed by atoms with Gasteiger partial charge in [0.1, 0.15) is 11.4 Å². The number of hydrogen-bond acceptors (Lipinski definition) is 6. The average molecular weight is 331 g/mol. The van der Waals surface area contributed by atoms with Crippen molar-refractivity contribution in [1.82, 2.24) is 5.16 Å². The Bertz CT molecular complexity index is 733. The second-order valence-corrected chi connectivity index (χ2v) is 5.78. The first-order chi connectivity index (χ1) is 11.5. The molecule has 2 rings (SSSR count). The van der Waals surface area contributed by atoms with Gasteiger partial charge in [-0.1, -0.05) is 19.0 Å². The summed E-state index contributed by atoms with van der Waals surface area (Å²) in [5.41, 5.74) is 2.16. The molecule has 6 nitrogen and oxygen atoms in total. The molecule has 0 amide bonds. The van der Waals surface area contributed by atoms with Crippen molar-refractivity contribution in [1.29, 1.82) is 0 Å². The number of nitrogens with zero attached hydrogens (tertiary/aromatic N) is 1. The molecule has 1 heterocycles. The molecule has 0 aliphatic rings. The predicted molar refractivity (Wildman–Crippen MR) is 88.4 cm³/mol. The molecule has 6 heteroatoms. The highest BCUT2D eigenvalue weighted by Crippen LogP contribution is 2.29. The molecule has 0 spiro atoms. The summed E-state index contributed by atoms with van der Waals surface area (Å²) in [6, 6.07) is 5.17. The van der Waals surface area contributed by atoms with Crippen molar-refractivity contribution in [3.8, 4) is 17.0 Å². The molecular weight excluding hydrogens is 310 g/mol. The van der Waals surface area contributed by atoms with E-state index in [2.05, 4.69) is 5.16 Å². The van der Waals surface area contributed by atoms with E-state index in [1.54, 1.807) is 32.0 Å². The second-order valence-electron chi connectivity index (χ2n) is 5.78. The number of ether oxygens (including phenoxy) is 2. The smallest absolute Gasteiger partial charge is 0.377 e. The summed E-state index contributed by atoms with van der Waals surface area (Å²) in [7, 11) is 0. The van der Waals surface area contributed by atoms with E-state index in [9.17, 15) is 9.59 Å². The number of hydrogen-bond donors (Lipinski definition) is 0. The Labute approximate surface area is 140 Å². The fourth-order valence-electron chi connectivity index (χ4n) is 2.17. The number of esters is 1. The van der Waals surface area contributed by atoms with Crippen molar-refractivity contribution in [3.05, 3.63) is 35.1 Å². The Morgan fingerprint density at radius 3 is 2.75 bits per heavy atom. The molecule has 0 aliphatic carbocycles. The van der Waals surface area contributed by atoms with Crippen molar-refractivity contribution >= 4 is 12.3 Å². The zero-order valence-electron chi connectivity index (χ0n) is 14.3. The fraction of sp³-hybridized carbons (Fsp3) is 0.389. The highest BCUT2D eigenvalue weighted by atomic mass is 16.6. The Hall–Kier alpha value is -2.63. The van der Waals surface area contributed by atoms with E-state index in [0.717, 1.165) is 6.29 Å². The molecule has 0 unspecified atom stereocenters. The van der Waals surface area contributed by atoms with Crippen molar-refractivity contribution < 1.29 is 23.6 Å². The fourth-order valence-corrected chi connectivity index (χ4v) is 2.17. The van der Waals surface area contributed by atoms with Gasteiger partial charge in [0.25, 0.3) is 0 Å². The summed E-state index contributed by atoms with van der Waals surface area (Å²) in [6.07, 6.45) is 0.737. The Morgan fingerprint density at radius 2 is 2.12 bits per heavy atom. The molecule has 0 fully saturated rings. The normalized spacial score (nSPS) is 10.7. The van der Waals surface area contributed by atoms with Crippen LogP contribution in [0.2, 0.25) is 0 Å². The van der Waals surface area contributed by atoms with Crippen LogP contribution >= 0.6 is 0 Å². The molecule has 0 N–H and O–H groups in total. The largest absolute Gasteiger partial charge is 0.493 e. The van der Waals surface area contributed by atoms with Gasteiger partial charge in [-0.2, -0.15) is 0 Å². The first-order valence-electron chi connectivity index (χ1n) is 7.83. The van der Waals surface area contributed by atoms with E-state index in [1.165, 1.54) is 0 Å². The summed E-state index contributed by atoms with van der Waals surface area (Å²) in [5, 5.41) is 3.94. The van der Waals surface area contributed by atoms with Gasteiger partial charge in [0, 0.05) is 11.1 Å². The molecule has 0 atom stereocenters. The van der Waals surface area contributed by atoms with Crippen molar-refractivity contribution in [3.63, 3.8) is 0 Å². The lowest BCUT2D eigenvalue weighted by atomic mass is 10.0. The van der Waals surface area contributed by atoms with Gasteiger partial charge in [0.2, 0.25) is 5.76 Å². The minimum Gasteiger partial charge on any atom is -0.493 e. The van der Waals surface area contributed by atoms with E-state index in [-0.39, 0.29) is 12.4 Å². The number of aldehydes is 1. The summed E-state index contributed by atoms with van der Waals surface area (Å²) in [5.74, 6) is 0.393. The van der Waals surface area contributed by atoms with Crippen LogP contribution in [0.25, 0.3) is 11.3 Å². The van der Waals surface area contributed by atoms with Crippen LogP contribution in [-0.2, 0) is 4.74 Å². The molecule has 0 aliphatic heterocycles. The standard InChI is InChI=1S/C18H21NO5/c1-5-22-18(21)17-12(4)16(19-24-17)13-6-7-15(14(8-13)9-20)23-10-11(2)3/h6-9,11H,5,10H2,1-4H3. The summed E-state index contributed by atoms with van der Waals surface area (Å²) in [4.78, 5) is 23.1. The van der Waals surface area contributed by atoms with Crippen molar-refractivity contribution in [2.45, 2.75) is 27.7 Å². The summed E-state index contributed by atoms with van der Waals surface area (Å²) < 4.78 is 15.7. The maximum atomic E-state index is 11.8. The van der Waals surface area contributed by atoms with E-state index >= 15 is 0 Å². The third-order valence-corrected chi connectivity index (χ3v) is 3.37. The lowest BCUT2D eigenvalue weighted by Gasteiger charge is -2.11. The zero-order chi connectivity index (χ0) is 17.7. The van der Waals surface area contributed by atoms with Gasteiger partial charge in [-0.3, -0.25) is 4.79 Å². The van der Waals surface area contributed by atoms with Crippen LogP contribution in [0.1, 0.15) is 47.2 Å². The van der Waals surface area contributed by atoms with Gasteiger partial charge in [0.15, 0.2) is 6.29 Å². The van der Waals surface area contributed by atoms with Crippen molar-refractivity contribution in [2.75, 3.05) is 13.2 Å². The molecule has 128 valence electrons. The van der Waals surface area contributed by atoms with Gasteiger partial charge in [-0.25, -0.2) is 4.79 Å². The molecule has 1 aromatic heterocycles. The zero-order valence-corrected chi connectivity index (χ0v) is 14.3. The minimum atomic E-state index is -0.554. The van der Waals surface area contributed by atoms with Crippen LogP contribution in [0.3, 0.4) is 0 Å². The Balaban J connectivity index is 2.33. The molecule has 0 bridgehead atoms. The van der Waals surface area contributed by atoms with E-state index in [1.807, 2.05) is 13.8 Å². The first kappa shape index (κ1) is 17.7. The monoisotopic (exact) mass is 331 g/mol. The second kappa shape index (κ2) is 7.77. The van der Waals surface area contributed by atoms with Crippen LogP contribution in [0.5, 0.6) is 5.75 Å². The highest BCUT2D eigenvalue weighted by Gasteiger charge is 2.21. The van der Waals surface area contributed by atoms with E-state index < -0.39 is 5.97 Å². The molecular formula is C18H21NO5. The number of carbonyl (C=O) groups excluding carboxylic acids is 2. The lowest BCUT2D eigenvalue weighted by Crippen LogP contribution is -2.06.